The average molecular weight is 265 g/mol. The molecule has 2 aromatic rings. The summed E-state index contributed by atoms with van der Waals surface area (Å²) in [6.45, 7) is 5.90. The fourth-order valence-electron chi connectivity index (χ4n) is 2.18. The molecule has 0 saturated carbocycles. The van der Waals surface area contributed by atoms with E-state index in [4.69, 9.17) is 11.6 Å². The molecule has 3 nitrogen and oxygen atoms in total. The van der Waals surface area contributed by atoms with Crippen LogP contribution in [-0.4, -0.2) is 14.9 Å². The Hall–Kier alpha value is -1.32. The number of benzene rings is 1. The summed E-state index contributed by atoms with van der Waals surface area (Å²) in [5.74, 6) is 0. The van der Waals surface area contributed by atoms with Crippen LogP contribution in [0.5, 0.6) is 0 Å². The van der Waals surface area contributed by atoms with Crippen molar-refractivity contribution in [1.29, 1.82) is 0 Å². The SMILES string of the molecule is Cc1cccc(C(O)c2c(C)nn(C)c2Cl)c1C. The maximum absolute atomic E-state index is 10.5. The Labute approximate surface area is 112 Å². The van der Waals surface area contributed by atoms with Gasteiger partial charge in [0, 0.05) is 12.6 Å². The van der Waals surface area contributed by atoms with Gasteiger partial charge in [-0.25, -0.2) is 0 Å². The molecule has 0 aliphatic carbocycles. The Balaban J connectivity index is 2.54. The third-order valence-corrected chi connectivity index (χ3v) is 3.86. The molecule has 1 aromatic carbocycles. The number of nitrogens with zero attached hydrogens (tertiary/aromatic N) is 2. The van der Waals surface area contributed by atoms with E-state index in [1.165, 1.54) is 0 Å². The third kappa shape index (κ3) is 2.04. The van der Waals surface area contributed by atoms with E-state index >= 15 is 0 Å². The van der Waals surface area contributed by atoms with E-state index in [2.05, 4.69) is 5.10 Å². The highest BCUT2D eigenvalue weighted by Gasteiger charge is 2.22. The van der Waals surface area contributed by atoms with Crippen LogP contribution < -0.4 is 0 Å². The second-order valence-electron chi connectivity index (χ2n) is 4.61. The molecular formula is C14H17ClN2O. The Morgan fingerprint density at radius 2 is 1.94 bits per heavy atom. The van der Waals surface area contributed by atoms with Crippen LogP contribution in [0.15, 0.2) is 18.2 Å². The van der Waals surface area contributed by atoms with E-state index in [0.717, 1.165) is 22.4 Å². The second kappa shape index (κ2) is 4.75. The Kier molecular flexibility index (Phi) is 3.46. The maximum atomic E-state index is 10.5. The summed E-state index contributed by atoms with van der Waals surface area (Å²) in [6, 6.07) is 5.90. The minimum Gasteiger partial charge on any atom is -0.383 e. The van der Waals surface area contributed by atoms with E-state index < -0.39 is 6.10 Å². The molecule has 4 heteroatoms. The highest BCUT2D eigenvalue weighted by molar-refractivity contribution is 6.30. The van der Waals surface area contributed by atoms with Crippen LogP contribution in [0.3, 0.4) is 0 Å². The van der Waals surface area contributed by atoms with Gasteiger partial charge in [0.2, 0.25) is 0 Å². The normalized spacial score (nSPS) is 12.8. The highest BCUT2D eigenvalue weighted by Crippen LogP contribution is 2.32. The summed E-state index contributed by atoms with van der Waals surface area (Å²) < 4.78 is 1.58. The number of hydrogen-bond donors (Lipinski definition) is 1. The van der Waals surface area contributed by atoms with E-state index in [-0.39, 0.29) is 0 Å². The number of aromatic nitrogens is 2. The molecule has 0 aliphatic heterocycles. The Morgan fingerprint density at radius 3 is 2.50 bits per heavy atom. The smallest absolute Gasteiger partial charge is 0.133 e. The first-order valence-corrected chi connectivity index (χ1v) is 6.24. The summed E-state index contributed by atoms with van der Waals surface area (Å²) in [5, 5.41) is 15.3. The first-order valence-electron chi connectivity index (χ1n) is 5.86. The molecule has 0 aliphatic rings. The minimum absolute atomic E-state index is 0.487. The number of aryl methyl sites for hydroxylation is 3. The van der Waals surface area contributed by atoms with Crippen molar-refractivity contribution in [3.8, 4) is 0 Å². The summed E-state index contributed by atoms with van der Waals surface area (Å²) >= 11 is 6.19. The van der Waals surface area contributed by atoms with Crippen molar-refractivity contribution in [2.75, 3.05) is 0 Å². The van der Waals surface area contributed by atoms with Gasteiger partial charge in [-0.1, -0.05) is 29.8 Å². The molecule has 1 aromatic heterocycles. The average Bonchev–Trinajstić information content (AvgIpc) is 2.56. The predicted octanol–water partition coefficient (Wildman–Crippen LogP) is 3.08. The molecule has 0 fully saturated rings. The molecule has 1 unspecified atom stereocenters. The van der Waals surface area contributed by atoms with E-state index in [1.54, 1.807) is 11.7 Å². The molecule has 1 N–H and O–H groups in total. The lowest BCUT2D eigenvalue weighted by molar-refractivity contribution is 0.218. The van der Waals surface area contributed by atoms with Crippen LogP contribution in [0, 0.1) is 20.8 Å². The van der Waals surface area contributed by atoms with Gasteiger partial charge in [-0.05, 0) is 37.5 Å². The standard InChI is InChI=1S/C14H17ClN2O/c1-8-6-5-7-11(9(8)2)13(18)12-10(3)16-17(4)14(12)15/h5-7,13,18H,1-4H3. The van der Waals surface area contributed by atoms with Gasteiger partial charge < -0.3 is 5.11 Å². The molecule has 1 heterocycles. The molecule has 0 spiro atoms. The third-order valence-electron chi connectivity index (χ3n) is 3.41. The summed E-state index contributed by atoms with van der Waals surface area (Å²) in [6.07, 6.45) is -0.730. The summed E-state index contributed by atoms with van der Waals surface area (Å²) in [7, 11) is 1.77. The van der Waals surface area contributed by atoms with Crippen molar-refractivity contribution >= 4 is 11.6 Å². The van der Waals surface area contributed by atoms with E-state index in [0.29, 0.717) is 10.7 Å². The van der Waals surface area contributed by atoms with E-state index in [9.17, 15) is 5.11 Å². The van der Waals surface area contributed by atoms with Crippen molar-refractivity contribution in [3.05, 3.63) is 51.3 Å². The molecule has 18 heavy (non-hydrogen) atoms. The summed E-state index contributed by atoms with van der Waals surface area (Å²) in [5.41, 5.74) is 4.57. The predicted molar refractivity (Wildman–Crippen MR) is 72.9 cm³/mol. The molecule has 2 rings (SSSR count). The van der Waals surface area contributed by atoms with Gasteiger partial charge in [0.1, 0.15) is 11.3 Å². The van der Waals surface area contributed by atoms with Gasteiger partial charge in [-0.2, -0.15) is 5.10 Å². The molecule has 0 amide bonds. The fraction of sp³-hybridized carbons (Fsp3) is 0.357. The van der Waals surface area contributed by atoms with Crippen molar-refractivity contribution in [2.24, 2.45) is 7.05 Å². The van der Waals surface area contributed by atoms with Gasteiger partial charge in [0.05, 0.1) is 5.69 Å². The van der Waals surface area contributed by atoms with Crippen LogP contribution in [0.2, 0.25) is 5.15 Å². The van der Waals surface area contributed by atoms with Gasteiger partial charge in [0.25, 0.3) is 0 Å². The Bertz CT molecular complexity index is 590. The lowest BCUT2D eigenvalue weighted by Gasteiger charge is -2.15. The zero-order valence-electron chi connectivity index (χ0n) is 11.0. The zero-order chi connectivity index (χ0) is 13.4. The zero-order valence-corrected chi connectivity index (χ0v) is 11.8. The van der Waals surface area contributed by atoms with Crippen molar-refractivity contribution in [2.45, 2.75) is 26.9 Å². The monoisotopic (exact) mass is 264 g/mol. The quantitative estimate of drug-likeness (QED) is 0.905. The van der Waals surface area contributed by atoms with Crippen LogP contribution in [0.4, 0.5) is 0 Å². The lowest BCUT2D eigenvalue weighted by Crippen LogP contribution is -2.04. The first kappa shape index (κ1) is 13.1. The molecule has 96 valence electrons. The summed E-state index contributed by atoms with van der Waals surface area (Å²) in [4.78, 5) is 0. The van der Waals surface area contributed by atoms with Gasteiger partial charge >= 0.3 is 0 Å². The largest absolute Gasteiger partial charge is 0.383 e. The van der Waals surface area contributed by atoms with Crippen LogP contribution in [0.25, 0.3) is 0 Å². The topological polar surface area (TPSA) is 38.1 Å². The molecule has 0 radical (unpaired) electrons. The lowest BCUT2D eigenvalue weighted by atomic mass is 9.95. The molecule has 1 atom stereocenters. The Morgan fingerprint density at radius 1 is 1.28 bits per heavy atom. The van der Waals surface area contributed by atoms with Gasteiger partial charge in [-0.3, -0.25) is 4.68 Å². The van der Waals surface area contributed by atoms with Crippen molar-refractivity contribution in [1.82, 2.24) is 9.78 Å². The maximum Gasteiger partial charge on any atom is 0.133 e. The minimum atomic E-state index is -0.730. The fourth-order valence-corrected chi connectivity index (χ4v) is 2.46. The highest BCUT2D eigenvalue weighted by atomic mass is 35.5. The number of aliphatic hydroxyl groups is 1. The molecular weight excluding hydrogens is 248 g/mol. The van der Waals surface area contributed by atoms with Crippen molar-refractivity contribution < 1.29 is 5.11 Å². The second-order valence-corrected chi connectivity index (χ2v) is 4.96. The van der Waals surface area contributed by atoms with E-state index in [1.807, 2.05) is 39.0 Å². The number of hydrogen-bond acceptors (Lipinski definition) is 2. The first-order chi connectivity index (χ1) is 8.43. The van der Waals surface area contributed by atoms with Crippen LogP contribution in [0.1, 0.15) is 34.1 Å². The van der Waals surface area contributed by atoms with Crippen LogP contribution in [-0.2, 0) is 7.05 Å². The number of halogens is 1. The molecule has 0 saturated heterocycles. The number of aliphatic hydroxyl groups excluding tert-OH is 1. The molecule has 0 bridgehead atoms. The van der Waals surface area contributed by atoms with Crippen molar-refractivity contribution in [3.63, 3.8) is 0 Å². The van der Waals surface area contributed by atoms with Gasteiger partial charge in [-0.15, -0.1) is 0 Å². The van der Waals surface area contributed by atoms with Crippen LogP contribution >= 0.6 is 11.6 Å². The van der Waals surface area contributed by atoms with Gasteiger partial charge in [0.15, 0.2) is 0 Å². The number of rotatable bonds is 2.